The molecule has 6 nitrogen and oxygen atoms in total. The highest BCUT2D eigenvalue weighted by Gasteiger charge is 2.52. The summed E-state index contributed by atoms with van der Waals surface area (Å²) in [6.45, 7) is 2.66. The number of benzene rings is 1. The van der Waals surface area contributed by atoms with E-state index in [-0.39, 0.29) is 6.04 Å². The van der Waals surface area contributed by atoms with Gasteiger partial charge in [-0.05, 0) is 48.6 Å². The summed E-state index contributed by atoms with van der Waals surface area (Å²) in [5.41, 5.74) is 1.15. The fourth-order valence-electron chi connectivity index (χ4n) is 4.49. The largest absolute Gasteiger partial charge is 0.249 e. The number of rotatable bonds is 5. The Morgan fingerprint density at radius 2 is 2.00 bits per heavy atom. The van der Waals surface area contributed by atoms with Crippen LogP contribution in [-0.2, 0) is 16.6 Å². The van der Waals surface area contributed by atoms with E-state index in [1.54, 1.807) is 23.1 Å². The SMILES string of the molecule is CC1CC2(C1)CC(NS(=O)(=O)c1ccccc1Cn1cncn1)C2. The summed E-state index contributed by atoms with van der Waals surface area (Å²) >= 11 is 0. The number of nitrogens with zero attached hydrogens (tertiary/aromatic N) is 3. The van der Waals surface area contributed by atoms with E-state index in [2.05, 4.69) is 21.7 Å². The molecule has 0 unspecified atom stereocenters. The molecule has 1 heterocycles. The van der Waals surface area contributed by atoms with Gasteiger partial charge in [-0.3, -0.25) is 0 Å². The first-order valence-electron chi connectivity index (χ1n) is 8.38. The molecule has 0 radical (unpaired) electrons. The second kappa shape index (κ2) is 5.67. The van der Waals surface area contributed by atoms with E-state index in [0.29, 0.717) is 16.9 Å². The minimum Gasteiger partial charge on any atom is -0.249 e. The van der Waals surface area contributed by atoms with Crippen LogP contribution >= 0.6 is 0 Å². The molecule has 1 aromatic heterocycles. The van der Waals surface area contributed by atoms with Crippen molar-refractivity contribution in [3.8, 4) is 0 Å². The average molecular weight is 346 g/mol. The van der Waals surface area contributed by atoms with Gasteiger partial charge in [-0.1, -0.05) is 25.1 Å². The van der Waals surface area contributed by atoms with Crippen molar-refractivity contribution < 1.29 is 8.42 Å². The lowest BCUT2D eigenvalue weighted by Crippen LogP contribution is -2.55. The highest BCUT2D eigenvalue weighted by Crippen LogP contribution is 2.58. The fourth-order valence-corrected chi connectivity index (χ4v) is 5.96. The molecule has 7 heteroatoms. The van der Waals surface area contributed by atoms with Gasteiger partial charge >= 0.3 is 0 Å². The van der Waals surface area contributed by atoms with Gasteiger partial charge in [0.2, 0.25) is 10.0 Å². The molecular formula is C17H22N4O2S. The number of sulfonamides is 1. The Morgan fingerprint density at radius 1 is 1.25 bits per heavy atom. The van der Waals surface area contributed by atoms with Crippen LogP contribution in [0.2, 0.25) is 0 Å². The van der Waals surface area contributed by atoms with Crippen LogP contribution in [-0.4, -0.2) is 29.2 Å². The normalized spacial score (nSPS) is 29.2. The van der Waals surface area contributed by atoms with Crippen LogP contribution in [0.25, 0.3) is 0 Å². The Labute approximate surface area is 142 Å². The van der Waals surface area contributed by atoms with Crippen LogP contribution in [0.3, 0.4) is 0 Å². The summed E-state index contributed by atoms with van der Waals surface area (Å²) < 4.78 is 30.1. The third-order valence-corrected chi connectivity index (χ3v) is 6.93. The van der Waals surface area contributed by atoms with Crippen LogP contribution in [0, 0.1) is 11.3 Å². The molecule has 0 aliphatic heterocycles. The Hall–Kier alpha value is -1.73. The highest BCUT2D eigenvalue weighted by molar-refractivity contribution is 7.89. The first-order valence-corrected chi connectivity index (χ1v) is 9.87. The van der Waals surface area contributed by atoms with Crippen molar-refractivity contribution in [1.82, 2.24) is 19.5 Å². The Morgan fingerprint density at radius 3 is 2.67 bits per heavy atom. The Balaban J connectivity index is 1.48. The van der Waals surface area contributed by atoms with Gasteiger partial charge in [0.1, 0.15) is 12.7 Å². The van der Waals surface area contributed by atoms with Crippen LogP contribution in [0.15, 0.2) is 41.8 Å². The van der Waals surface area contributed by atoms with Crippen molar-refractivity contribution in [1.29, 1.82) is 0 Å². The number of hydrogen-bond acceptors (Lipinski definition) is 4. The predicted octanol–water partition coefficient (Wildman–Crippen LogP) is 2.18. The quantitative estimate of drug-likeness (QED) is 0.900. The first kappa shape index (κ1) is 15.8. The molecule has 0 atom stereocenters. The van der Waals surface area contributed by atoms with E-state index in [1.807, 2.05) is 12.1 Å². The number of nitrogens with one attached hydrogen (secondary N) is 1. The van der Waals surface area contributed by atoms with Crippen molar-refractivity contribution >= 4 is 10.0 Å². The van der Waals surface area contributed by atoms with Crippen LogP contribution in [0.5, 0.6) is 0 Å². The molecule has 4 rings (SSSR count). The minimum absolute atomic E-state index is 0.0712. The minimum atomic E-state index is -3.51. The molecule has 24 heavy (non-hydrogen) atoms. The van der Waals surface area contributed by atoms with Gasteiger partial charge in [-0.25, -0.2) is 22.8 Å². The van der Waals surface area contributed by atoms with E-state index in [0.717, 1.165) is 24.3 Å². The molecule has 128 valence electrons. The van der Waals surface area contributed by atoms with Crippen molar-refractivity contribution in [2.75, 3.05) is 0 Å². The smallest absolute Gasteiger partial charge is 0.241 e. The molecule has 2 fully saturated rings. The maximum Gasteiger partial charge on any atom is 0.241 e. The van der Waals surface area contributed by atoms with Crippen molar-refractivity contribution in [3.63, 3.8) is 0 Å². The zero-order valence-electron chi connectivity index (χ0n) is 13.7. The molecular weight excluding hydrogens is 324 g/mol. The molecule has 2 aliphatic rings. The number of hydrogen-bond donors (Lipinski definition) is 1. The van der Waals surface area contributed by atoms with Gasteiger partial charge < -0.3 is 0 Å². The van der Waals surface area contributed by atoms with Crippen molar-refractivity contribution in [2.45, 2.75) is 50.1 Å². The third kappa shape index (κ3) is 2.86. The zero-order chi connectivity index (χ0) is 16.8. The molecule has 2 aliphatic carbocycles. The van der Waals surface area contributed by atoms with Crippen molar-refractivity contribution in [2.24, 2.45) is 11.3 Å². The molecule has 0 bridgehead atoms. The van der Waals surface area contributed by atoms with Crippen LogP contribution in [0.1, 0.15) is 38.2 Å². The molecule has 1 N–H and O–H groups in total. The summed E-state index contributed by atoms with van der Waals surface area (Å²) in [4.78, 5) is 4.24. The maximum atomic E-state index is 12.8. The summed E-state index contributed by atoms with van der Waals surface area (Å²) in [5, 5.41) is 4.06. The molecule has 2 aromatic rings. The van der Waals surface area contributed by atoms with Gasteiger partial charge in [-0.15, -0.1) is 0 Å². The van der Waals surface area contributed by atoms with Gasteiger partial charge in [0.25, 0.3) is 0 Å². The standard InChI is InChI=1S/C17H22N4O2S/c1-13-6-17(7-13)8-15(9-17)20-24(22,23)16-5-3-2-4-14(16)10-21-12-18-11-19-21/h2-5,11-13,15,20H,6-10H2,1H3. The average Bonchev–Trinajstić information content (AvgIpc) is 2.97. The lowest BCUT2D eigenvalue weighted by atomic mass is 9.50. The van der Waals surface area contributed by atoms with E-state index < -0.39 is 10.0 Å². The third-order valence-electron chi connectivity index (χ3n) is 5.30. The zero-order valence-corrected chi connectivity index (χ0v) is 14.5. The first-order chi connectivity index (χ1) is 11.5. The lowest BCUT2D eigenvalue weighted by molar-refractivity contribution is -0.0359. The Bertz CT molecular complexity index is 818. The van der Waals surface area contributed by atoms with Gasteiger partial charge in [0, 0.05) is 6.04 Å². The van der Waals surface area contributed by atoms with E-state index in [1.165, 1.54) is 19.2 Å². The summed E-state index contributed by atoms with van der Waals surface area (Å²) in [6, 6.07) is 7.16. The predicted molar refractivity (Wildman–Crippen MR) is 89.7 cm³/mol. The molecule has 0 amide bonds. The second-order valence-electron chi connectivity index (χ2n) is 7.44. The van der Waals surface area contributed by atoms with E-state index in [9.17, 15) is 8.42 Å². The molecule has 2 saturated carbocycles. The molecule has 1 spiro atoms. The maximum absolute atomic E-state index is 12.8. The summed E-state index contributed by atoms with van der Waals surface area (Å²) in [7, 11) is -3.51. The molecule has 0 saturated heterocycles. The topological polar surface area (TPSA) is 76.9 Å². The van der Waals surface area contributed by atoms with Gasteiger partial charge in [0.15, 0.2) is 0 Å². The highest BCUT2D eigenvalue weighted by atomic mass is 32.2. The monoisotopic (exact) mass is 346 g/mol. The summed E-state index contributed by atoms with van der Waals surface area (Å²) in [5.74, 6) is 0.797. The summed E-state index contributed by atoms with van der Waals surface area (Å²) in [6.07, 6.45) is 7.47. The van der Waals surface area contributed by atoms with E-state index in [4.69, 9.17) is 0 Å². The number of aromatic nitrogens is 3. The van der Waals surface area contributed by atoms with Gasteiger partial charge in [-0.2, -0.15) is 5.10 Å². The van der Waals surface area contributed by atoms with E-state index >= 15 is 0 Å². The lowest BCUT2D eigenvalue weighted by Gasteiger charge is -2.57. The second-order valence-corrected chi connectivity index (χ2v) is 9.12. The molecule has 1 aromatic carbocycles. The Kier molecular flexibility index (Phi) is 3.73. The van der Waals surface area contributed by atoms with Crippen LogP contribution < -0.4 is 4.72 Å². The fraction of sp³-hybridized carbons (Fsp3) is 0.529. The van der Waals surface area contributed by atoms with Gasteiger partial charge in [0.05, 0.1) is 11.4 Å². The van der Waals surface area contributed by atoms with Crippen molar-refractivity contribution in [3.05, 3.63) is 42.5 Å². The van der Waals surface area contributed by atoms with Crippen LogP contribution in [0.4, 0.5) is 0 Å².